The van der Waals surface area contributed by atoms with Crippen LogP contribution in [0.3, 0.4) is 0 Å². The van der Waals surface area contributed by atoms with Gasteiger partial charge in [0.15, 0.2) is 0 Å². The van der Waals surface area contributed by atoms with E-state index < -0.39 is 11.0 Å². The Hall–Kier alpha value is -0.670. The molecule has 0 aromatic heterocycles. The maximum atomic E-state index is 12.4. The summed E-state index contributed by atoms with van der Waals surface area (Å²) < 4.78 is 15.4. The molecule has 0 spiro atoms. The van der Waals surface area contributed by atoms with Crippen LogP contribution in [-0.4, -0.2) is 8.96 Å². The van der Waals surface area contributed by atoms with Gasteiger partial charge in [-0.1, -0.05) is 44.2 Å². The molecule has 0 heterocycles. The molecule has 0 radical (unpaired) electrons. The quantitative estimate of drug-likeness (QED) is 0.887. The number of hydrogen-bond acceptors (Lipinski definition) is 1. The van der Waals surface area contributed by atoms with Crippen LogP contribution >= 0.6 is 0 Å². The lowest BCUT2D eigenvalue weighted by molar-refractivity contribution is 0.317. The first-order valence-corrected chi connectivity index (χ1v) is 7.58. The van der Waals surface area contributed by atoms with Gasteiger partial charge in [-0.05, 0) is 39.2 Å². The van der Waals surface area contributed by atoms with Crippen molar-refractivity contribution in [1.29, 1.82) is 0 Å². The Morgan fingerprint density at radius 3 is 1.94 bits per heavy atom. The molecule has 0 aliphatic carbocycles. The molecule has 102 valence electrons. The van der Waals surface area contributed by atoms with Gasteiger partial charge < -0.3 is 0 Å². The second kappa shape index (κ2) is 5.54. The van der Waals surface area contributed by atoms with Gasteiger partial charge in [0.25, 0.3) is 0 Å². The van der Waals surface area contributed by atoms with E-state index in [9.17, 15) is 4.21 Å². The van der Waals surface area contributed by atoms with Crippen LogP contribution in [0.1, 0.15) is 47.1 Å². The molecule has 0 saturated heterocycles. The zero-order valence-corrected chi connectivity index (χ0v) is 13.1. The topological polar surface area (TPSA) is 29.1 Å². The Balaban J connectivity index is 3.07. The number of nitrogens with one attached hydrogen (secondary N) is 1. The third-order valence-corrected chi connectivity index (χ3v) is 5.11. The minimum atomic E-state index is -1.08. The highest BCUT2D eigenvalue weighted by Crippen LogP contribution is 2.30. The van der Waals surface area contributed by atoms with E-state index in [4.69, 9.17) is 0 Å². The van der Waals surface area contributed by atoms with Gasteiger partial charge in [0.05, 0.1) is 21.3 Å². The molecule has 2 atom stereocenters. The van der Waals surface area contributed by atoms with Gasteiger partial charge in [-0.2, -0.15) is 0 Å². The Kier molecular flexibility index (Phi) is 4.73. The summed E-state index contributed by atoms with van der Waals surface area (Å²) >= 11 is 0. The molecule has 1 N–H and O–H groups in total. The fourth-order valence-corrected chi connectivity index (χ4v) is 2.69. The smallest absolute Gasteiger partial charge is 0.0978 e. The van der Waals surface area contributed by atoms with Gasteiger partial charge in [0.2, 0.25) is 0 Å². The molecule has 0 aliphatic heterocycles. The first-order valence-electron chi connectivity index (χ1n) is 6.43. The van der Waals surface area contributed by atoms with E-state index in [-0.39, 0.29) is 10.3 Å². The predicted octanol–water partition coefficient (Wildman–Crippen LogP) is 3.61. The van der Waals surface area contributed by atoms with E-state index >= 15 is 0 Å². The van der Waals surface area contributed by atoms with Crippen LogP contribution in [-0.2, 0) is 16.5 Å². The fourth-order valence-electron chi connectivity index (χ4n) is 1.64. The molecule has 1 unspecified atom stereocenters. The standard InChI is InChI=1S/C15H25NOS/c1-12(2)15(6,13-10-8-7-9-11-13)16-18(17)14(3,4)5/h7-12,16H,1-6H3/t15-,18?/m0/s1. The molecule has 3 heteroatoms. The third kappa shape index (κ3) is 3.42. The molecule has 1 aromatic carbocycles. The molecule has 0 saturated carbocycles. The van der Waals surface area contributed by atoms with Crippen LogP contribution < -0.4 is 4.72 Å². The lowest BCUT2D eigenvalue weighted by Crippen LogP contribution is -2.49. The third-order valence-electron chi connectivity index (χ3n) is 3.39. The monoisotopic (exact) mass is 267 g/mol. The lowest BCUT2D eigenvalue weighted by Gasteiger charge is -2.37. The summed E-state index contributed by atoms with van der Waals surface area (Å²) in [6, 6.07) is 10.2. The minimum Gasteiger partial charge on any atom is -0.242 e. The van der Waals surface area contributed by atoms with E-state index in [0.29, 0.717) is 5.92 Å². The Morgan fingerprint density at radius 2 is 1.56 bits per heavy atom. The number of rotatable bonds is 4. The van der Waals surface area contributed by atoms with Gasteiger partial charge in [0.1, 0.15) is 0 Å². The largest absolute Gasteiger partial charge is 0.242 e. The van der Waals surface area contributed by atoms with Crippen LogP contribution in [0.4, 0.5) is 0 Å². The molecule has 0 fully saturated rings. The first kappa shape index (κ1) is 15.4. The highest BCUT2D eigenvalue weighted by Gasteiger charge is 2.34. The molecule has 0 amide bonds. The van der Waals surface area contributed by atoms with Crippen molar-refractivity contribution in [3.8, 4) is 0 Å². The van der Waals surface area contributed by atoms with Crippen LogP contribution in [0.2, 0.25) is 0 Å². The molecule has 18 heavy (non-hydrogen) atoms. The molecular weight excluding hydrogens is 242 g/mol. The summed E-state index contributed by atoms with van der Waals surface area (Å²) in [5.41, 5.74) is 0.900. The minimum absolute atomic E-state index is 0.259. The summed E-state index contributed by atoms with van der Waals surface area (Å²) in [6.07, 6.45) is 0. The van der Waals surface area contributed by atoms with Gasteiger partial charge in [0, 0.05) is 0 Å². The molecule has 0 aliphatic rings. The summed E-state index contributed by atoms with van der Waals surface area (Å²) in [4.78, 5) is 0. The maximum absolute atomic E-state index is 12.4. The van der Waals surface area contributed by atoms with E-state index in [2.05, 4.69) is 37.6 Å². The van der Waals surface area contributed by atoms with E-state index in [1.165, 1.54) is 5.56 Å². The molecule has 2 nitrogen and oxygen atoms in total. The molecule has 0 bridgehead atoms. The van der Waals surface area contributed by atoms with E-state index in [1.54, 1.807) is 0 Å². The highest BCUT2D eigenvalue weighted by atomic mass is 32.2. The van der Waals surface area contributed by atoms with Crippen LogP contribution in [0.25, 0.3) is 0 Å². The van der Waals surface area contributed by atoms with Crippen molar-refractivity contribution in [2.24, 2.45) is 5.92 Å². The van der Waals surface area contributed by atoms with Crippen molar-refractivity contribution in [1.82, 2.24) is 4.72 Å². The van der Waals surface area contributed by atoms with Crippen molar-refractivity contribution in [2.75, 3.05) is 0 Å². The predicted molar refractivity (Wildman–Crippen MR) is 79.7 cm³/mol. The van der Waals surface area contributed by atoms with Crippen molar-refractivity contribution < 1.29 is 4.21 Å². The Morgan fingerprint density at radius 1 is 1.06 bits per heavy atom. The van der Waals surface area contributed by atoms with Gasteiger partial charge in [-0.25, -0.2) is 8.93 Å². The van der Waals surface area contributed by atoms with Crippen molar-refractivity contribution in [2.45, 2.75) is 51.8 Å². The van der Waals surface area contributed by atoms with Gasteiger partial charge in [-0.15, -0.1) is 0 Å². The zero-order valence-electron chi connectivity index (χ0n) is 12.3. The zero-order chi connectivity index (χ0) is 14.0. The summed E-state index contributed by atoms with van der Waals surface area (Å²) in [6.45, 7) is 12.4. The summed E-state index contributed by atoms with van der Waals surface area (Å²) in [5, 5.41) is 0. The van der Waals surface area contributed by atoms with Crippen LogP contribution in [0.5, 0.6) is 0 Å². The summed E-state index contributed by atoms with van der Waals surface area (Å²) in [5.74, 6) is 0.353. The summed E-state index contributed by atoms with van der Waals surface area (Å²) in [7, 11) is -1.08. The molecular formula is C15H25NOS. The number of hydrogen-bond donors (Lipinski definition) is 1. The van der Waals surface area contributed by atoms with Crippen LogP contribution in [0.15, 0.2) is 30.3 Å². The molecule has 1 rings (SSSR count). The average molecular weight is 267 g/mol. The fraction of sp³-hybridized carbons (Fsp3) is 0.600. The first-order chi connectivity index (χ1) is 8.18. The number of benzene rings is 1. The lowest BCUT2D eigenvalue weighted by atomic mass is 9.83. The Labute approximate surface area is 114 Å². The maximum Gasteiger partial charge on any atom is 0.0978 e. The average Bonchev–Trinajstić information content (AvgIpc) is 2.28. The van der Waals surface area contributed by atoms with E-state index in [0.717, 1.165) is 0 Å². The van der Waals surface area contributed by atoms with Crippen molar-refractivity contribution in [3.63, 3.8) is 0 Å². The second-order valence-electron chi connectivity index (χ2n) is 6.21. The van der Waals surface area contributed by atoms with Crippen molar-refractivity contribution in [3.05, 3.63) is 35.9 Å². The highest BCUT2D eigenvalue weighted by molar-refractivity contribution is 7.84. The van der Waals surface area contributed by atoms with Gasteiger partial charge in [-0.3, -0.25) is 0 Å². The van der Waals surface area contributed by atoms with Crippen LogP contribution in [0, 0.1) is 5.92 Å². The van der Waals surface area contributed by atoms with E-state index in [1.807, 2.05) is 39.0 Å². The van der Waals surface area contributed by atoms with Gasteiger partial charge >= 0.3 is 0 Å². The SMILES string of the molecule is CC(C)[C@](C)(NS(=O)C(C)(C)C)c1ccccc1. The second-order valence-corrected chi connectivity index (χ2v) is 8.17. The van der Waals surface area contributed by atoms with Crippen molar-refractivity contribution >= 4 is 11.0 Å². The Bertz CT molecular complexity index is 408. The normalized spacial score (nSPS) is 17.5. The molecule has 1 aromatic rings.